The fourth-order valence-corrected chi connectivity index (χ4v) is 2.45. The van der Waals surface area contributed by atoms with Crippen LogP contribution in [0.3, 0.4) is 0 Å². The molecule has 0 aromatic rings. The predicted molar refractivity (Wildman–Crippen MR) is 47.3 cm³/mol. The molecule has 0 amide bonds. The number of methoxy groups -OCH3 is 1. The molecule has 0 spiro atoms. The van der Waals surface area contributed by atoms with Crippen LogP contribution in [-0.2, 0) is 19.1 Å². The molecule has 2 rings (SSSR count). The summed E-state index contributed by atoms with van der Waals surface area (Å²) in [5, 5.41) is 0. The van der Waals surface area contributed by atoms with Gasteiger partial charge in [-0.15, -0.1) is 0 Å². The molecule has 78 valence electrons. The third-order valence-corrected chi connectivity index (χ3v) is 3.16. The van der Waals surface area contributed by atoms with Crippen LogP contribution in [-0.4, -0.2) is 25.2 Å². The average Bonchev–Trinajstić information content (AvgIpc) is 2.53. The lowest BCUT2D eigenvalue weighted by molar-refractivity contribution is -0.155. The lowest BCUT2D eigenvalue weighted by Crippen LogP contribution is -2.30. The van der Waals surface area contributed by atoms with Gasteiger partial charge in [0, 0.05) is 5.92 Å². The zero-order valence-corrected chi connectivity index (χ0v) is 8.19. The topological polar surface area (TPSA) is 52.6 Å². The van der Waals surface area contributed by atoms with Gasteiger partial charge in [-0.3, -0.25) is 9.59 Å². The monoisotopic (exact) mass is 198 g/mol. The molecule has 1 aliphatic carbocycles. The minimum absolute atomic E-state index is 0.0413. The Kier molecular flexibility index (Phi) is 2.44. The van der Waals surface area contributed by atoms with E-state index in [0.717, 1.165) is 25.7 Å². The van der Waals surface area contributed by atoms with E-state index < -0.39 is 17.9 Å². The Balaban J connectivity index is 2.15. The number of hydrogen-bond donors (Lipinski definition) is 0. The van der Waals surface area contributed by atoms with Gasteiger partial charge in [0.05, 0.1) is 7.11 Å². The quantitative estimate of drug-likeness (QED) is 0.464. The van der Waals surface area contributed by atoms with Crippen molar-refractivity contribution in [1.82, 2.24) is 0 Å². The Morgan fingerprint density at radius 2 is 2.14 bits per heavy atom. The number of esters is 2. The maximum atomic E-state index is 11.4. The van der Waals surface area contributed by atoms with Crippen LogP contribution >= 0.6 is 0 Å². The molecule has 1 aliphatic heterocycles. The molecule has 1 heterocycles. The fraction of sp³-hybridized carbons (Fsp3) is 0.800. The van der Waals surface area contributed by atoms with Gasteiger partial charge in [0.2, 0.25) is 0 Å². The zero-order valence-electron chi connectivity index (χ0n) is 8.19. The molecule has 2 fully saturated rings. The number of ether oxygens (including phenoxy) is 2. The van der Waals surface area contributed by atoms with Gasteiger partial charge in [0.15, 0.2) is 5.92 Å². The second kappa shape index (κ2) is 3.59. The minimum atomic E-state index is -0.662. The van der Waals surface area contributed by atoms with Crippen molar-refractivity contribution in [2.75, 3.05) is 7.11 Å². The summed E-state index contributed by atoms with van der Waals surface area (Å²) in [6.45, 7) is 0. The van der Waals surface area contributed by atoms with Crippen molar-refractivity contribution in [3.8, 4) is 0 Å². The van der Waals surface area contributed by atoms with Crippen molar-refractivity contribution in [1.29, 1.82) is 0 Å². The van der Waals surface area contributed by atoms with Crippen molar-refractivity contribution in [3.05, 3.63) is 0 Å². The first-order valence-electron chi connectivity index (χ1n) is 5.02. The van der Waals surface area contributed by atoms with Crippen LogP contribution in [0.15, 0.2) is 0 Å². The number of carbonyl (C=O) groups is 2. The van der Waals surface area contributed by atoms with Crippen LogP contribution in [0.25, 0.3) is 0 Å². The first kappa shape index (κ1) is 9.49. The molecule has 0 bridgehead atoms. The third-order valence-electron chi connectivity index (χ3n) is 3.16. The smallest absolute Gasteiger partial charge is 0.321 e. The highest BCUT2D eigenvalue weighted by molar-refractivity contribution is 5.96. The van der Waals surface area contributed by atoms with Gasteiger partial charge in [-0.25, -0.2) is 0 Å². The van der Waals surface area contributed by atoms with E-state index >= 15 is 0 Å². The fourth-order valence-electron chi connectivity index (χ4n) is 2.45. The first-order valence-corrected chi connectivity index (χ1v) is 5.02. The summed E-state index contributed by atoms with van der Waals surface area (Å²) < 4.78 is 9.77. The van der Waals surface area contributed by atoms with Crippen molar-refractivity contribution in [3.63, 3.8) is 0 Å². The maximum Gasteiger partial charge on any atom is 0.321 e. The third kappa shape index (κ3) is 1.38. The van der Waals surface area contributed by atoms with E-state index in [4.69, 9.17) is 4.74 Å². The highest BCUT2D eigenvalue weighted by Crippen LogP contribution is 2.39. The van der Waals surface area contributed by atoms with E-state index in [-0.39, 0.29) is 12.0 Å². The lowest BCUT2D eigenvalue weighted by Gasteiger charge is -2.24. The largest absolute Gasteiger partial charge is 0.468 e. The van der Waals surface area contributed by atoms with Crippen molar-refractivity contribution < 1.29 is 19.1 Å². The Morgan fingerprint density at radius 3 is 2.86 bits per heavy atom. The minimum Gasteiger partial charge on any atom is -0.468 e. The normalized spacial score (nSPS) is 36.1. The molecule has 14 heavy (non-hydrogen) atoms. The van der Waals surface area contributed by atoms with Crippen molar-refractivity contribution in [2.24, 2.45) is 11.8 Å². The van der Waals surface area contributed by atoms with Crippen LogP contribution < -0.4 is 0 Å². The van der Waals surface area contributed by atoms with Crippen LogP contribution in [0.2, 0.25) is 0 Å². The molecular weight excluding hydrogens is 184 g/mol. The lowest BCUT2D eigenvalue weighted by atomic mass is 9.80. The molecule has 0 N–H and O–H groups in total. The second-order valence-corrected chi connectivity index (χ2v) is 3.92. The molecule has 2 aliphatic rings. The maximum absolute atomic E-state index is 11.4. The van der Waals surface area contributed by atoms with Crippen LogP contribution in [0, 0.1) is 11.8 Å². The summed E-state index contributed by atoms with van der Waals surface area (Å²) in [5.41, 5.74) is 0. The number of fused-ring (bicyclic) bond motifs is 1. The Hall–Kier alpha value is -1.06. The zero-order chi connectivity index (χ0) is 10.1. The van der Waals surface area contributed by atoms with E-state index in [9.17, 15) is 9.59 Å². The second-order valence-electron chi connectivity index (χ2n) is 3.92. The summed E-state index contributed by atoms with van der Waals surface area (Å²) in [5.74, 6) is -1.44. The highest BCUT2D eigenvalue weighted by Gasteiger charge is 2.49. The van der Waals surface area contributed by atoms with E-state index in [1.807, 2.05) is 0 Å². The Bertz CT molecular complexity index is 261. The average molecular weight is 198 g/mol. The summed E-state index contributed by atoms with van der Waals surface area (Å²) in [4.78, 5) is 22.8. The van der Waals surface area contributed by atoms with Gasteiger partial charge >= 0.3 is 11.9 Å². The molecule has 0 aromatic carbocycles. The van der Waals surface area contributed by atoms with Crippen LogP contribution in [0.5, 0.6) is 0 Å². The van der Waals surface area contributed by atoms with Gasteiger partial charge in [0.1, 0.15) is 6.10 Å². The Labute approximate surface area is 82.6 Å². The SMILES string of the molecule is COC(=O)[C@@H]1C(=O)O[C@H]2CCCC[C@@H]12. The molecule has 1 saturated carbocycles. The molecule has 1 saturated heterocycles. The van der Waals surface area contributed by atoms with E-state index in [2.05, 4.69) is 4.74 Å². The van der Waals surface area contributed by atoms with E-state index in [1.165, 1.54) is 7.11 Å². The van der Waals surface area contributed by atoms with Crippen molar-refractivity contribution in [2.45, 2.75) is 31.8 Å². The molecular formula is C10H14O4. The van der Waals surface area contributed by atoms with Gasteiger partial charge < -0.3 is 9.47 Å². The standard InChI is InChI=1S/C10H14O4/c1-13-9(11)8-6-4-2-3-5-7(6)14-10(8)12/h6-8H,2-5H2,1H3/t6-,7+,8-/m1/s1. The molecule has 0 radical (unpaired) electrons. The van der Waals surface area contributed by atoms with Gasteiger partial charge in [-0.05, 0) is 19.3 Å². The van der Waals surface area contributed by atoms with Crippen molar-refractivity contribution >= 4 is 11.9 Å². The number of hydrogen-bond acceptors (Lipinski definition) is 4. The molecule has 4 nitrogen and oxygen atoms in total. The molecule has 4 heteroatoms. The molecule has 0 unspecified atom stereocenters. The van der Waals surface area contributed by atoms with Crippen LogP contribution in [0.1, 0.15) is 25.7 Å². The van der Waals surface area contributed by atoms with Gasteiger partial charge in [0.25, 0.3) is 0 Å². The first-order chi connectivity index (χ1) is 6.74. The Morgan fingerprint density at radius 1 is 1.43 bits per heavy atom. The number of carbonyl (C=O) groups excluding carboxylic acids is 2. The summed E-state index contributed by atoms with van der Waals surface area (Å²) >= 11 is 0. The summed E-state index contributed by atoms with van der Waals surface area (Å²) in [6, 6.07) is 0. The molecule has 3 atom stereocenters. The molecule has 0 aromatic heterocycles. The summed E-state index contributed by atoms with van der Waals surface area (Å²) in [7, 11) is 1.31. The van der Waals surface area contributed by atoms with Gasteiger partial charge in [-0.1, -0.05) is 6.42 Å². The predicted octanol–water partition coefficient (Wildman–Crippen LogP) is 0.891. The van der Waals surface area contributed by atoms with Gasteiger partial charge in [-0.2, -0.15) is 0 Å². The summed E-state index contributed by atoms with van der Waals surface area (Å²) in [6.07, 6.45) is 3.91. The highest BCUT2D eigenvalue weighted by atomic mass is 16.6. The van der Waals surface area contributed by atoms with Crippen LogP contribution in [0.4, 0.5) is 0 Å². The van der Waals surface area contributed by atoms with E-state index in [0.29, 0.717) is 0 Å². The number of rotatable bonds is 1. The van der Waals surface area contributed by atoms with E-state index in [1.54, 1.807) is 0 Å².